The number of aromatic nitrogens is 2. The molecule has 0 spiro atoms. The van der Waals surface area contributed by atoms with Gasteiger partial charge < -0.3 is 5.32 Å². The molecule has 2 rings (SSSR count). The molecule has 2 N–H and O–H groups in total. The SMILES string of the molecule is O=C1NCCc2n[nH]c(C(F)(F)F)c21. The van der Waals surface area contributed by atoms with Crippen LogP contribution in [0, 0.1) is 0 Å². The van der Waals surface area contributed by atoms with E-state index in [0.29, 0.717) is 13.0 Å². The number of H-pyrrole nitrogens is 1. The minimum absolute atomic E-state index is 0.182. The van der Waals surface area contributed by atoms with Gasteiger partial charge in [-0.3, -0.25) is 9.89 Å². The third-order valence-electron chi connectivity index (χ3n) is 2.00. The Morgan fingerprint density at radius 2 is 2.07 bits per heavy atom. The highest BCUT2D eigenvalue weighted by molar-refractivity contribution is 5.97. The van der Waals surface area contributed by atoms with Crippen molar-refractivity contribution in [1.82, 2.24) is 15.5 Å². The van der Waals surface area contributed by atoms with E-state index >= 15 is 0 Å². The number of carbonyl (C=O) groups is 1. The van der Waals surface area contributed by atoms with Crippen molar-refractivity contribution >= 4 is 5.91 Å². The third kappa shape index (κ3) is 1.24. The minimum atomic E-state index is -4.56. The van der Waals surface area contributed by atoms with Gasteiger partial charge in [0.1, 0.15) is 0 Å². The van der Waals surface area contributed by atoms with Crippen molar-refractivity contribution in [3.05, 3.63) is 17.0 Å². The summed E-state index contributed by atoms with van der Waals surface area (Å²) >= 11 is 0. The first-order valence-corrected chi connectivity index (χ1v) is 3.93. The molecule has 1 aliphatic rings. The zero-order valence-corrected chi connectivity index (χ0v) is 6.90. The van der Waals surface area contributed by atoms with Crippen LogP contribution in [0.5, 0.6) is 0 Å². The summed E-state index contributed by atoms with van der Waals surface area (Å²) in [5.74, 6) is -0.715. The largest absolute Gasteiger partial charge is 0.433 e. The van der Waals surface area contributed by atoms with E-state index in [4.69, 9.17) is 0 Å². The van der Waals surface area contributed by atoms with Crippen molar-refractivity contribution in [3.8, 4) is 0 Å². The van der Waals surface area contributed by atoms with Gasteiger partial charge in [0, 0.05) is 13.0 Å². The van der Waals surface area contributed by atoms with Crippen molar-refractivity contribution < 1.29 is 18.0 Å². The maximum absolute atomic E-state index is 12.3. The molecule has 76 valence electrons. The first-order chi connectivity index (χ1) is 6.50. The highest BCUT2D eigenvalue weighted by Gasteiger charge is 2.40. The molecule has 1 aromatic rings. The second-order valence-electron chi connectivity index (χ2n) is 2.92. The lowest BCUT2D eigenvalue weighted by Gasteiger charge is -2.13. The van der Waals surface area contributed by atoms with E-state index in [1.807, 2.05) is 5.10 Å². The fraction of sp³-hybridized carbons (Fsp3) is 0.429. The van der Waals surface area contributed by atoms with Crippen molar-refractivity contribution in [2.24, 2.45) is 0 Å². The first-order valence-electron chi connectivity index (χ1n) is 3.93. The summed E-state index contributed by atoms with van der Waals surface area (Å²) in [6, 6.07) is 0. The Kier molecular flexibility index (Phi) is 1.76. The fourth-order valence-corrected chi connectivity index (χ4v) is 1.39. The maximum Gasteiger partial charge on any atom is 0.433 e. The molecule has 0 fully saturated rings. The Labute approximate surface area is 76.5 Å². The molecule has 0 saturated heterocycles. The average molecular weight is 205 g/mol. The second-order valence-corrected chi connectivity index (χ2v) is 2.92. The van der Waals surface area contributed by atoms with Crippen molar-refractivity contribution in [3.63, 3.8) is 0 Å². The molecular formula is C7H6F3N3O. The lowest BCUT2D eigenvalue weighted by Crippen LogP contribution is -2.33. The molecule has 1 aromatic heterocycles. The lowest BCUT2D eigenvalue weighted by molar-refractivity contribution is -0.141. The summed E-state index contributed by atoms with van der Waals surface area (Å²) in [6.07, 6.45) is -4.23. The predicted molar refractivity (Wildman–Crippen MR) is 39.6 cm³/mol. The van der Waals surface area contributed by atoms with E-state index in [2.05, 4.69) is 10.4 Å². The third-order valence-corrected chi connectivity index (χ3v) is 2.00. The van der Waals surface area contributed by atoms with Crippen molar-refractivity contribution in [2.45, 2.75) is 12.6 Å². The molecule has 14 heavy (non-hydrogen) atoms. The number of nitrogens with zero attached hydrogens (tertiary/aromatic N) is 1. The Balaban J connectivity index is 2.54. The van der Waals surface area contributed by atoms with Gasteiger partial charge in [0.25, 0.3) is 5.91 Å². The summed E-state index contributed by atoms with van der Waals surface area (Å²) in [4.78, 5) is 11.1. The van der Waals surface area contributed by atoms with Gasteiger partial charge >= 0.3 is 6.18 Å². The Morgan fingerprint density at radius 3 is 2.71 bits per heavy atom. The molecule has 4 nitrogen and oxygen atoms in total. The normalized spacial score (nSPS) is 16.4. The smallest absolute Gasteiger partial charge is 0.352 e. The van der Waals surface area contributed by atoms with Crippen molar-refractivity contribution in [1.29, 1.82) is 0 Å². The van der Waals surface area contributed by atoms with Gasteiger partial charge in [0.05, 0.1) is 11.3 Å². The van der Waals surface area contributed by atoms with Crippen LogP contribution in [-0.2, 0) is 12.6 Å². The van der Waals surface area contributed by atoms with Crippen LogP contribution >= 0.6 is 0 Å². The molecule has 0 aromatic carbocycles. The van der Waals surface area contributed by atoms with Gasteiger partial charge in [-0.05, 0) is 0 Å². The van der Waals surface area contributed by atoms with Gasteiger partial charge in [-0.15, -0.1) is 0 Å². The first kappa shape index (κ1) is 9.04. The van der Waals surface area contributed by atoms with Crippen LogP contribution in [0.3, 0.4) is 0 Å². The molecular weight excluding hydrogens is 199 g/mol. The van der Waals surface area contributed by atoms with Crippen LogP contribution in [0.4, 0.5) is 13.2 Å². The van der Waals surface area contributed by atoms with E-state index < -0.39 is 17.8 Å². The molecule has 1 aliphatic heterocycles. The zero-order valence-electron chi connectivity index (χ0n) is 6.90. The number of amides is 1. The number of halogens is 3. The predicted octanol–water partition coefficient (Wildman–Crippen LogP) is 0.714. The average Bonchev–Trinajstić information content (AvgIpc) is 2.47. The summed E-state index contributed by atoms with van der Waals surface area (Å²) in [5, 5.41) is 7.66. The van der Waals surface area contributed by atoms with E-state index in [0.717, 1.165) is 0 Å². The van der Waals surface area contributed by atoms with Crippen LogP contribution in [0.1, 0.15) is 21.7 Å². The van der Waals surface area contributed by atoms with Gasteiger partial charge in [0.2, 0.25) is 0 Å². The Hall–Kier alpha value is -1.53. The van der Waals surface area contributed by atoms with Gasteiger partial charge in [-0.1, -0.05) is 0 Å². The summed E-state index contributed by atoms with van der Waals surface area (Å²) in [5.41, 5.74) is -1.26. The number of carbonyl (C=O) groups excluding carboxylic acids is 1. The topological polar surface area (TPSA) is 57.8 Å². The van der Waals surface area contributed by atoms with Crippen LogP contribution in [-0.4, -0.2) is 22.6 Å². The highest BCUT2D eigenvalue weighted by atomic mass is 19.4. The second kappa shape index (κ2) is 2.73. The summed E-state index contributed by atoms with van der Waals surface area (Å²) in [6.45, 7) is 0.327. The van der Waals surface area contributed by atoms with Crippen LogP contribution < -0.4 is 5.32 Å². The molecule has 0 radical (unpaired) electrons. The number of fused-ring (bicyclic) bond motifs is 1. The number of alkyl halides is 3. The maximum atomic E-state index is 12.3. The van der Waals surface area contributed by atoms with Crippen LogP contribution in [0.2, 0.25) is 0 Å². The van der Waals surface area contributed by atoms with E-state index in [1.54, 1.807) is 0 Å². The monoisotopic (exact) mass is 205 g/mol. The van der Waals surface area contributed by atoms with Crippen LogP contribution in [0.25, 0.3) is 0 Å². The lowest BCUT2D eigenvalue weighted by atomic mass is 10.1. The van der Waals surface area contributed by atoms with E-state index in [-0.39, 0.29) is 11.3 Å². The number of hydrogen-bond donors (Lipinski definition) is 2. The Morgan fingerprint density at radius 1 is 1.36 bits per heavy atom. The number of hydrogen-bond acceptors (Lipinski definition) is 2. The van der Waals surface area contributed by atoms with E-state index in [9.17, 15) is 18.0 Å². The number of nitrogens with one attached hydrogen (secondary N) is 2. The number of aromatic amines is 1. The van der Waals surface area contributed by atoms with Gasteiger partial charge in [-0.25, -0.2) is 0 Å². The standard InChI is InChI=1S/C7H6F3N3O/c8-7(9,10)5-4-3(12-13-5)1-2-11-6(4)14/h1-2H2,(H,11,14)(H,12,13). The fourth-order valence-electron chi connectivity index (χ4n) is 1.39. The number of rotatable bonds is 0. The molecule has 0 saturated carbocycles. The van der Waals surface area contributed by atoms with Gasteiger partial charge in [0.15, 0.2) is 5.69 Å². The van der Waals surface area contributed by atoms with Gasteiger partial charge in [-0.2, -0.15) is 18.3 Å². The molecule has 1 amide bonds. The minimum Gasteiger partial charge on any atom is -0.352 e. The Bertz CT molecular complexity index is 382. The molecule has 7 heteroatoms. The zero-order chi connectivity index (χ0) is 10.3. The quantitative estimate of drug-likeness (QED) is 0.655. The molecule has 0 unspecified atom stereocenters. The molecule has 0 aliphatic carbocycles. The summed E-state index contributed by atoms with van der Waals surface area (Å²) in [7, 11) is 0. The molecule has 0 atom stereocenters. The molecule has 2 heterocycles. The van der Waals surface area contributed by atoms with Crippen molar-refractivity contribution in [2.75, 3.05) is 6.54 Å². The van der Waals surface area contributed by atoms with E-state index in [1.165, 1.54) is 0 Å². The molecule has 0 bridgehead atoms. The summed E-state index contributed by atoms with van der Waals surface area (Å²) < 4.78 is 37.0. The van der Waals surface area contributed by atoms with Crippen LogP contribution in [0.15, 0.2) is 0 Å². The highest BCUT2D eigenvalue weighted by Crippen LogP contribution is 2.32.